The van der Waals surface area contributed by atoms with E-state index < -0.39 is 0 Å². The molecule has 0 saturated heterocycles. The molecular weight excluding hydrogens is 266 g/mol. The molecule has 0 aliphatic heterocycles. The average Bonchev–Trinajstić information content (AvgIpc) is 2.93. The number of hydrogen-bond acceptors (Lipinski definition) is 1. The normalized spacial score (nSPS) is 12.6. The molecule has 0 saturated carbocycles. The van der Waals surface area contributed by atoms with E-state index in [0.717, 1.165) is 11.9 Å². The lowest BCUT2D eigenvalue weighted by Gasteiger charge is -2.09. The van der Waals surface area contributed by atoms with Crippen molar-refractivity contribution in [1.29, 1.82) is 0 Å². The van der Waals surface area contributed by atoms with Gasteiger partial charge in [-0.25, -0.2) is 0 Å². The summed E-state index contributed by atoms with van der Waals surface area (Å²) in [5.74, 6) is 0. The van der Waals surface area contributed by atoms with Crippen LogP contribution in [0.25, 0.3) is 32.8 Å². The molecule has 0 radical (unpaired) electrons. The lowest BCUT2D eigenvalue weighted by Crippen LogP contribution is -1.88. The minimum Gasteiger partial charge on any atom is -0.255 e. The molecule has 5 rings (SSSR count). The van der Waals surface area contributed by atoms with Gasteiger partial charge in [0.05, 0.1) is 5.52 Å². The average molecular weight is 281 g/mol. The Bertz CT molecular complexity index is 1060. The largest absolute Gasteiger partial charge is 0.255 e. The molecule has 1 nitrogen and oxygen atoms in total. The van der Waals surface area contributed by atoms with Gasteiger partial charge < -0.3 is 0 Å². The van der Waals surface area contributed by atoms with Crippen LogP contribution in [0, 0.1) is 6.92 Å². The van der Waals surface area contributed by atoms with Crippen molar-refractivity contribution in [3.63, 3.8) is 0 Å². The molecule has 0 amide bonds. The van der Waals surface area contributed by atoms with Gasteiger partial charge in [-0.2, -0.15) is 0 Å². The molecule has 0 atom stereocenters. The summed E-state index contributed by atoms with van der Waals surface area (Å²) in [5, 5.41) is 3.79. The fourth-order valence-corrected chi connectivity index (χ4v) is 3.71. The van der Waals surface area contributed by atoms with Gasteiger partial charge in [-0.15, -0.1) is 0 Å². The Morgan fingerprint density at radius 3 is 2.68 bits per heavy atom. The van der Waals surface area contributed by atoms with E-state index >= 15 is 0 Å². The van der Waals surface area contributed by atoms with Crippen LogP contribution in [-0.2, 0) is 6.42 Å². The first-order valence-corrected chi connectivity index (χ1v) is 7.70. The standard InChI is InChI=1S/C21H15N/c1-13-6-7-14-8-9-18-20-16(12-22-21(18)19(14)10-13)11-15-4-2-3-5-17(15)20/h2-10,12H,11H2,1H3. The molecule has 0 N–H and O–H groups in total. The topological polar surface area (TPSA) is 12.9 Å². The first-order chi connectivity index (χ1) is 10.8. The number of hydrogen-bond donors (Lipinski definition) is 0. The number of aromatic nitrogens is 1. The van der Waals surface area contributed by atoms with Crippen molar-refractivity contribution in [3.8, 4) is 11.1 Å². The van der Waals surface area contributed by atoms with Gasteiger partial charge in [-0.3, -0.25) is 4.98 Å². The van der Waals surface area contributed by atoms with E-state index in [-0.39, 0.29) is 0 Å². The number of rotatable bonds is 0. The molecule has 1 heterocycles. The number of nitrogens with zero attached hydrogens (tertiary/aromatic N) is 1. The summed E-state index contributed by atoms with van der Waals surface area (Å²) in [6, 6.07) is 19.8. The zero-order valence-corrected chi connectivity index (χ0v) is 12.4. The van der Waals surface area contributed by atoms with Crippen LogP contribution < -0.4 is 0 Å². The quantitative estimate of drug-likeness (QED) is 0.352. The Morgan fingerprint density at radius 2 is 1.73 bits per heavy atom. The second kappa shape index (κ2) is 4.17. The van der Waals surface area contributed by atoms with E-state index in [9.17, 15) is 0 Å². The molecule has 0 bridgehead atoms. The van der Waals surface area contributed by atoms with Gasteiger partial charge in [0, 0.05) is 23.4 Å². The van der Waals surface area contributed by atoms with E-state index in [1.54, 1.807) is 0 Å². The highest BCUT2D eigenvalue weighted by Gasteiger charge is 2.21. The molecule has 1 aliphatic carbocycles. The molecule has 1 heteroatoms. The van der Waals surface area contributed by atoms with Crippen molar-refractivity contribution in [2.24, 2.45) is 0 Å². The summed E-state index contributed by atoms with van der Waals surface area (Å²) in [6.45, 7) is 2.14. The molecular formula is C21H15N. The van der Waals surface area contributed by atoms with E-state index in [0.29, 0.717) is 0 Å². The predicted molar refractivity (Wildman–Crippen MR) is 92.2 cm³/mol. The Morgan fingerprint density at radius 1 is 0.864 bits per heavy atom. The van der Waals surface area contributed by atoms with Crippen molar-refractivity contribution in [1.82, 2.24) is 4.98 Å². The number of aryl methyl sites for hydroxylation is 1. The van der Waals surface area contributed by atoms with E-state index in [1.165, 1.54) is 44.0 Å². The second-order valence-corrected chi connectivity index (χ2v) is 6.18. The Hall–Kier alpha value is -2.67. The third-order valence-electron chi connectivity index (χ3n) is 4.76. The lowest BCUT2D eigenvalue weighted by atomic mass is 9.97. The first-order valence-electron chi connectivity index (χ1n) is 7.70. The highest BCUT2D eigenvalue weighted by Crippen LogP contribution is 2.41. The zero-order chi connectivity index (χ0) is 14.7. The molecule has 22 heavy (non-hydrogen) atoms. The fraction of sp³-hybridized carbons (Fsp3) is 0.0952. The van der Waals surface area contributed by atoms with Gasteiger partial charge in [0.2, 0.25) is 0 Å². The Balaban J connectivity index is 1.96. The summed E-state index contributed by atoms with van der Waals surface area (Å²) in [7, 11) is 0. The first kappa shape index (κ1) is 11.9. The summed E-state index contributed by atoms with van der Waals surface area (Å²) >= 11 is 0. The van der Waals surface area contributed by atoms with Crippen molar-refractivity contribution in [3.05, 3.63) is 77.5 Å². The molecule has 1 aliphatic rings. The number of pyridine rings is 1. The third kappa shape index (κ3) is 1.51. The van der Waals surface area contributed by atoms with Crippen LogP contribution in [0.4, 0.5) is 0 Å². The molecule has 0 spiro atoms. The van der Waals surface area contributed by atoms with Crippen molar-refractivity contribution >= 4 is 21.7 Å². The minimum absolute atomic E-state index is 1.00. The zero-order valence-electron chi connectivity index (χ0n) is 12.4. The smallest absolute Gasteiger partial charge is 0.0786 e. The maximum atomic E-state index is 4.81. The van der Waals surface area contributed by atoms with Gasteiger partial charge >= 0.3 is 0 Å². The summed E-state index contributed by atoms with van der Waals surface area (Å²) in [6.07, 6.45) is 3.07. The van der Waals surface area contributed by atoms with Gasteiger partial charge in [0.15, 0.2) is 0 Å². The molecule has 0 unspecified atom stereocenters. The van der Waals surface area contributed by atoms with E-state index in [1.807, 2.05) is 0 Å². The summed E-state index contributed by atoms with van der Waals surface area (Å²) in [5.41, 5.74) is 7.91. The van der Waals surface area contributed by atoms with E-state index in [4.69, 9.17) is 4.98 Å². The van der Waals surface area contributed by atoms with Gasteiger partial charge in [0.1, 0.15) is 0 Å². The lowest BCUT2D eigenvalue weighted by molar-refractivity contribution is 1.23. The number of fused-ring (bicyclic) bond motifs is 7. The Labute approximate surface area is 129 Å². The minimum atomic E-state index is 1.00. The second-order valence-electron chi connectivity index (χ2n) is 6.18. The summed E-state index contributed by atoms with van der Waals surface area (Å²) < 4.78 is 0. The molecule has 4 aromatic rings. The van der Waals surface area contributed by atoms with Crippen molar-refractivity contribution in [2.45, 2.75) is 13.3 Å². The van der Waals surface area contributed by atoms with Crippen molar-refractivity contribution < 1.29 is 0 Å². The van der Waals surface area contributed by atoms with Crippen LogP contribution >= 0.6 is 0 Å². The third-order valence-corrected chi connectivity index (χ3v) is 4.76. The highest BCUT2D eigenvalue weighted by molar-refractivity contribution is 6.11. The van der Waals surface area contributed by atoms with E-state index in [2.05, 4.69) is 67.7 Å². The SMILES string of the molecule is Cc1ccc2ccc3c4c(cnc3c2c1)Cc1ccccc1-4. The van der Waals surface area contributed by atoms with Crippen LogP contribution in [0.3, 0.4) is 0 Å². The van der Waals surface area contributed by atoms with Crippen LogP contribution in [0.2, 0.25) is 0 Å². The van der Waals surface area contributed by atoms with Gasteiger partial charge in [0.25, 0.3) is 0 Å². The maximum absolute atomic E-state index is 4.81. The van der Waals surface area contributed by atoms with Crippen LogP contribution in [0.1, 0.15) is 16.7 Å². The summed E-state index contributed by atoms with van der Waals surface area (Å²) in [4.78, 5) is 4.81. The van der Waals surface area contributed by atoms with Gasteiger partial charge in [-0.05, 0) is 40.6 Å². The number of benzene rings is 3. The fourth-order valence-electron chi connectivity index (χ4n) is 3.71. The van der Waals surface area contributed by atoms with Crippen molar-refractivity contribution in [2.75, 3.05) is 0 Å². The Kier molecular flexibility index (Phi) is 2.26. The highest BCUT2D eigenvalue weighted by atomic mass is 14.7. The van der Waals surface area contributed by atoms with Crippen LogP contribution in [0.15, 0.2) is 60.8 Å². The molecule has 0 fully saturated rings. The molecule has 1 aromatic heterocycles. The monoisotopic (exact) mass is 281 g/mol. The molecule has 104 valence electrons. The predicted octanol–water partition coefficient (Wildman–Crippen LogP) is 5.27. The maximum Gasteiger partial charge on any atom is 0.0786 e. The molecule has 3 aromatic carbocycles. The van der Waals surface area contributed by atoms with Crippen LogP contribution in [-0.4, -0.2) is 4.98 Å². The van der Waals surface area contributed by atoms with Gasteiger partial charge in [-0.1, -0.05) is 54.1 Å². The van der Waals surface area contributed by atoms with Crippen LogP contribution in [0.5, 0.6) is 0 Å².